The Bertz CT molecular complexity index is 1300. The summed E-state index contributed by atoms with van der Waals surface area (Å²) in [5.41, 5.74) is 3.37. The summed E-state index contributed by atoms with van der Waals surface area (Å²) in [5, 5.41) is 11.4. The van der Waals surface area contributed by atoms with Gasteiger partial charge in [-0.15, -0.1) is 0 Å². The Kier molecular flexibility index (Phi) is 6.03. The highest BCUT2D eigenvalue weighted by atomic mass is 16.5. The minimum Gasteiger partial charge on any atom is -0.507 e. The van der Waals surface area contributed by atoms with Gasteiger partial charge in [-0.25, -0.2) is 0 Å². The fourth-order valence-corrected chi connectivity index (χ4v) is 4.86. The van der Waals surface area contributed by atoms with E-state index in [0.717, 1.165) is 28.9 Å². The molecule has 1 fully saturated rings. The van der Waals surface area contributed by atoms with E-state index in [4.69, 9.17) is 9.47 Å². The monoisotopic (exact) mass is 469 g/mol. The average Bonchev–Trinajstić information content (AvgIpc) is 3.38. The first kappa shape index (κ1) is 22.7. The van der Waals surface area contributed by atoms with Gasteiger partial charge in [0.25, 0.3) is 11.7 Å². The maximum absolute atomic E-state index is 13.3. The molecule has 1 N–H and O–H groups in total. The number of likely N-dealkylation sites (tertiary alicyclic amines) is 1. The molecule has 0 saturated carbocycles. The summed E-state index contributed by atoms with van der Waals surface area (Å²) in [6, 6.07) is 21.7. The lowest BCUT2D eigenvalue weighted by atomic mass is 9.94. The normalized spacial score (nSPS) is 20.6. The number of amides is 1. The zero-order valence-corrected chi connectivity index (χ0v) is 19.7. The van der Waals surface area contributed by atoms with Gasteiger partial charge in [-0.1, -0.05) is 42.5 Å². The van der Waals surface area contributed by atoms with Crippen LogP contribution in [0.15, 0.2) is 78.4 Å². The lowest BCUT2D eigenvalue weighted by Crippen LogP contribution is -2.31. The molecule has 6 nitrogen and oxygen atoms in total. The molecule has 6 heteroatoms. The lowest BCUT2D eigenvalue weighted by Gasteiger charge is -2.25. The molecule has 0 aromatic heterocycles. The van der Waals surface area contributed by atoms with Gasteiger partial charge in [0.1, 0.15) is 23.4 Å². The van der Waals surface area contributed by atoms with Crippen LogP contribution in [-0.4, -0.2) is 41.5 Å². The van der Waals surface area contributed by atoms with Gasteiger partial charge < -0.3 is 19.5 Å². The smallest absolute Gasteiger partial charge is 0.295 e. The molecule has 1 saturated heterocycles. The van der Waals surface area contributed by atoms with Crippen molar-refractivity contribution in [3.8, 4) is 11.5 Å². The number of rotatable bonds is 6. The Morgan fingerprint density at radius 1 is 1.06 bits per heavy atom. The molecule has 0 unspecified atom stereocenters. The van der Waals surface area contributed by atoms with Crippen molar-refractivity contribution < 1.29 is 24.2 Å². The van der Waals surface area contributed by atoms with Gasteiger partial charge in [0.2, 0.25) is 0 Å². The van der Waals surface area contributed by atoms with Crippen molar-refractivity contribution in [1.29, 1.82) is 0 Å². The number of Topliss-reactive ketones (excluding diaryl/α,β-unsaturated/α-hetero) is 1. The van der Waals surface area contributed by atoms with E-state index in [2.05, 4.69) is 0 Å². The van der Waals surface area contributed by atoms with Crippen LogP contribution in [0, 0.1) is 0 Å². The van der Waals surface area contributed by atoms with Crippen LogP contribution < -0.4 is 9.47 Å². The number of methoxy groups -OCH3 is 1. The van der Waals surface area contributed by atoms with Gasteiger partial charge in [0, 0.05) is 18.5 Å². The number of hydrogen-bond donors (Lipinski definition) is 1. The highest BCUT2D eigenvalue weighted by Gasteiger charge is 2.46. The topological polar surface area (TPSA) is 76.1 Å². The standard InChI is InChI=1S/C29H27NO5/c1-18-16-22-17-21(10-13-24(22)35-18)27(31)25-26(20-8-11-23(34-2)12-9-20)30(29(33)28(25)32)15-14-19-6-4-3-5-7-19/h3-13,17-18,26,31H,14-16H2,1-2H3/b27-25+/t18-,26+/m0/s1. The number of hydrogen-bond acceptors (Lipinski definition) is 5. The minimum atomic E-state index is -0.701. The van der Waals surface area contributed by atoms with Gasteiger partial charge in [0.05, 0.1) is 18.7 Å². The quantitative estimate of drug-likeness (QED) is 0.322. The van der Waals surface area contributed by atoms with Crippen LogP contribution in [0.2, 0.25) is 0 Å². The molecule has 0 aliphatic carbocycles. The Balaban J connectivity index is 1.57. The summed E-state index contributed by atoms with van der Waals surface area (Å²) >= 11 is 0. The number of carbonyl (C=O) groups excluding carboxylic acids is 2. The summed E-state index contributed by atoms with van der Waals surface area (Å²) in [6.45, 7) is 2.33. The number of aliphatic hydroxyl groups excluding tert-OH is 1. The zero-order chi connectivity index (χ0) is 24.5. The number of ketones is 1. The van der Waals surface area contributed by atoms with Crippen LogP contribution in [0.3, 0.4) is 0 Å². The van der Waals surface area contributed by atoms with E-state index < -0.39 is 17.7 Å². The molecule has 2 aliphatic heterocycles. The SMILES string of the molecule is COc1ccc([C@@H]2/C(=C(\O)c3ccc4c(c3)C[C@H](C)O4)C(=O)C(=O)N2CCc2ccccc2)cc1. The second kappa shape index (κ2) is 9.29. The Morgan fingerprint density at radius 3 is 2.51 bits per heavy atom. The predicted octanol–water partition coefficient (Wildman–Crippen LogP) is 4.68. The molecule has 0 spiro atoms. The maximum Gasteiger partial charge on any atom is 0.295 e. The van der Waals surface area contributed by atoms with E-state index in [1.807, 2.05) is 61.5 Å². The van der Waals surface area contributed by atoms with Crippen molar-refractivity contribution in [2.45, 2.75) is 31.9 Å². The number of fused-ring (bicyclic) bond motifs is 1. The second-order valence-electron chi connectivity index (χ2n) is 8.96. The fraction of sp³-hybridized carbons (Fsp3) is 0.241. The van der Waals surface area contributed by atoms with Crippen molar-refractivity contribution in [1.82, 2.24) is 4.90 Å². The molecule has 3 aromatic carbocycles. The summed E-state index contributed by atoms with van der Waals surface area (Å²) in [5.74, 6) is -0.0107. The van der Waals surface area contributed by atoms with Crippen molar-refractivity contribution in [2.75, 3.05) is 13.7 Å². The highest BCUT2D eigenvalue weighted by molar-refractivity contribution is 6.46. The predicted molar refractivity (Wildman–Crippen MR) is 132 cm³/mol. The number of benzene rings is 3. The zero-order valence-electron chi connectivity index (χ0n) is 19.7. The molecule has 2 atom stereocenters. The molecule has 35 heavy (non-hydrogen) atoms. The highest BCUT2D eigenvalue weighted by Crippen LogP contribution is 2.41. The first-order valence-electron chi connectivity index (χ1n) is 11.7. The van der Waals surface area contributed by atoms with Gasteiger partial charge in [0.15, 0.2) is 0 Å². The van der Waals surface area contributed by atoms with E-state index in [9.17, 15) is 14.7 Å². The van der Waals surface area contributed by atoms with Crippen LogP contribution in [0.5, 0.6) is 11.5 Å². The first-order chi connectivity index (χ1) is 17.0. The molecule has 1 amide bonds. The van der Waals surface area contributed by atoms with Crippen molar-refractivity contribution in [3.05, 3.63) is 101 Å². The van der Waals surface area contributed by atoms with Crippen LogP contribution >= 0.6 is 0 Å². The van der Waals surface area contributed by atoms with Crippen molar-refractivity contribution in [2.24, 2.45) is 0 Å². The van der Waals surface area contributed by atoms with Gasteiger partial charge in [-0.2, -0.15) is 0 Å². The van der Waals surface area contributed by atoms with Crippen molar-refractivity contribution >= 4 is 17.4 Å². The minimum absolute atomic E-state index is 0.0604. The van der Waals surface area contributed by atoms with Gasteiger partial charge in [-0.05, 0) is 60.4 Å². The third-order valence-electron chi connectivity index (χ3n) is 6.63. The van der Waals surface area contributed by atoms with Crippen LogP contribution in [0.1, 0.15) is 35.2 Å². The number of aliphatic hydroxyl groups is 1. The molecule has 0 bridgehead atoms. The van der Waals surface area contributed by atoms with Crippen LogP contribution in [0.4, 0.5) is 0 Å². The number of carbonyl (C=O) groups is 2. The molecule has 178 valence electrons. The summed E-state index contributed by atoms with van der Waals surface area (Å²) < 4.78 is 11.1. The fourth-order valence-electron chi connectivity index (χ4n) is 4.86. The average molecular weight is 470 g/mol. The van der Waals surface area contributed by atoms with Gasteiger partial charge in [-0.3, -0.25) is 9.59 Å². The molecule has 5 rings (SSSR count). The molecule has 0 radical (unpaired) electrons. The number of nitrogens with zero attached hydrogens (tertiary/aromatic N) is 1. The van der Waals surface area contributed by atoms with E-state index in [1.165, 1.54) is 0 Å². The summed E-state index contributed by atoms with van der Waals surface area (Å²) in [6.07, 6.45) is 1.38. The van der Waals surface area contributed by atoms with E-state index in [1.54, 1.807) is 30.2 Å². The van der Waals surface area contributed by atoms with Gasteiger partial charge >= 0.3 is 0 Å². The molecule has 3 aromatic rings. The first-order valence-corrected chi connectivity index (χ1v) is 11.7. The molecular weight excluding hydrogens is 442 g/mol. The second-order valence-corrected chi connectivity index (χ2v) is 8.96. The van der Waals surface area contributed by atoms with Crippen LogP contribution in [0.25, 0.3) is 5.76 Å². The largest absolute Gasteiger partial charge is 0.507 e. The van der Waals surface area contributed by atoms with Crippen molar-refractivity contribution in [3.63, 3.8) is 0 Å². The molecular formula is C29H27NO5. The molecule has 2 aliphatic rings. The lowest BCUT2D eigenvalue weighted by molar-refractivity contribution is -0.139. The van der Waals surface area contributed by atoms with E-state index >= 15 is 0 Å². The third-order valence-corrected chi connectivity index (χ3v) is 6.63. The Morgan fingerprint density at radius 2 is 1.80 bits per heavy atom. The van der Waals surface area contributed by atoms with Crippen LogP contribution in [-0.2, 0) is 22.4 Å². The number of ether oxygens (including phenoxy) is 2. The third kappa shape index (κ3) is 4.28. The van der Waals surface area contributed by atoms with E-state index in [-0.39, 0.29) is 17.4 Å². The summed E-state index contributed by atoms with van der Waals surface area (Å²) in [7, 11) is 1.58. The summed E-state index contributed by atoms with van der Waals surface area (Å²) in [4.78, 5) is 28.0. The Hall–Kier alpha value is -4.06. The Labute approximate surface area is 204 Å². The molecule has 2 heterocycles. The van der Waals surface area contributed by atoms with E-state index in [0.29, 0.717) is 24.3 Å². The maximum atomic E-state index is 13.3.